The number of hydrogen-bond donors (Lipinski definition) is 0. The number of fused-ring (bicyclic) bond motifs is 1. The first-order valence-corrected chi connectivity index (χ1v) is 8.09. The summed E-state index contributed by atoms with van der Waals surface area (Å²) in [5.41, 5.74) is 1.92. The zero-order valence-corrected chi connectivity index (χ0v) is 12.6. The number of hydrogen-bond acceptors (Lipinski definition) is 4. The second-order valence-corrected chi connectivity index (χ2v) is 6.16. The average molecular weight is 303 g/mol. The van der Waals surface area contributed by atoms with Crippen LogP contribution in [0.1, 0.15) is 28.8 Å². The Morgan fingerprint density at radius 2 is 1.86 bits per heavy atom. The number of nitrogens with zero attached hydrogens (tertiary/aromatic N) is 1. The first-order valence-electron chi connectivity index (χ1n) is 8.09. The van der Waals surface area contributed by atoms with Crippen LogP contribution in [0.3, 0.4) is 0 Å². The molecular weight excluding hydrogens is 282 g/mol. The highest BCUT2D eigenvalue weighted by Gasteiger charge is 2.32. The Bertz CT molecular complexity index is 560. The van der Waals surface area contributed by atoms with E-state index in [-0.39, 0.29) is 12.2 Å². The molecule has 1 aromatic rings. The standard InChI is InChI=1S/C17H21NO4/c19-16(14-1-2-15-13(11-14)5-8-20-15)18-6-3-12(4-7-18)17-21-9-10-22-17/h1-2,11-12,17H,3-10H2. The van der Waals surface area contributed by atoms with E-state index in [0.717, 1.165) is 55.8 Å². The summed E-state index contributed by atoms with van der Waals surface area (Å²) in [5.74, 6) is 1.46. The zero-order chi connectivity index (χ0) is 14.9. The summed E-state index contributed by atoms with van der Waals surface area (Å²) >= 11 is 0. The molecule has 22 heavy (non-hydrogen) atoms. The van der Waals surface area contributed by atoms with Crippen molar-refractivity contribution in [2.45, 2.75) is 25.6 Å². The van der Waals surface area contributed by atoms with Gasteiger partial charge in [0.25, 0.3) is 5.91 Å². The molecule has 3 heterocycles. The summed E-state index contributed by atoms with van der Waals surface area (Å²) in [7, 11) is 0. The van der Waals surface area contributed by atoms with Crippen LogP contribution >= 0.6 is 0 Å². The van der Waals surface area contributed by atoms with E-state index in [1.54, 1.807) is 0 Å². The van der Waals surface area contributed by atoms with Gasteiger partial charge in [0.2, 0.25) is 0 Å². The van der Waals surface area contributed by atoms with Gasteiger partial charge < -0.3 is 19.1 Å². The van der Waals surface area contributed by atoms with Gasteiger partial charge in [0.15, 0.2) is 6.29 Å². The second-order valence-electron chi connectivity index (χ2n) is 6.16. The normalized spacial score (nSPS) is 22.6. The van der Waals surface area contributed by atoms with E-state index < -0.39 is 0 Å². The monoisotopic (exact) mass is 303 g/mol. The van der Waals surface area contributed by atoms with Gasteiger partial charge in [-0.25, -0.2) is 0 Å². The van der Waals surface area contributed by atoms with Crippen molar-refractivity contribution < 1.29 is 19.0 Å². The molecule has 5 nitrogen and oxygen atoms in total. The van der Waals surface area contributed by atoms with Crippen LogP contribution in [0.15, 0.2) is 18.2 Å². The minimum absolute atomic E-state index is 0.0607. The minimum atomic E-state index is -0.0607. The van der Waals surface area contributed by atoms with Gasteiger partial charge in [0.05, 0.1) is 19.8 Å². The van der Waals surface area contributed by atoms with Crippen molar-refractivity contribution in [2.75, 3.05) is 32.9 Å². The molecule has 0 aliphatic carbocycles. The maximum absolute atomic E-state index is 12.7. The van der Waals surface area contributed by atoms with E-state index >= 15 is 0 Å². The smallest absolute Gasteiger partial charge is 0.253 e. The van der Waals surface area contributed by atoms with Crippen molar-refractivity contribution in [3.05, 3.63) is 29.3 Å². The SMILES string of the molecule is O=C(c1ccc2c(c1)CCO2)N1CCC(C2OCCO2)CC1. The Kier molecular flexibility index (Phi) is 3.76. The molecule has 2 fully saturated rings. The summed E-state index contributed by atoms with van der Waals surface area (Å²) in [4.78, 5) is 14.6. The van der Waals surface area contributed by atoms with Gasteiger partial charge >= 0.3 is 0 Å². The average Bonchev–Trinajstić information content (AvgIpc) is 3.25. The molecule has 0 N–H and O–H groups in total. The van der Waals surface area contributed by atoms with Gasteiger partial charge in [0, 0.05) is 31.0 Å². The Hall–Kier alpha value is -1.59. The lowest BCUT2D eigenvalue weighted by atomic mass is 9.95. The number of carbonyl (C=O) groups excluding carboxylic acids is 1. The maximum atomic E-state index is 12.7. The summed E-state index contributed by atoms with van der Waals surface area (Å²) in [5, 5.41) is 0. The van der Waals surface area contributed by atoms with E-state index in [9.17, 15) is 4.79 Å². The highest BCUT2D eigenvalue weighted by Crippen LogP contribution is 2.29. The molecule has 3 aliphatic heterocycles. The highest BCUT2D eigenvalue weighted by molar-refractivity contribution is 5.94. The molecular formula is C17H21NO4. The lowest BCUT2D eigenvalue weighted by Crippen LogP contribution is -2.41. The quantitative estimate of drug-likeness (QED) is 0.836. The third kappa shape index (κ3) is 2.59. The van der Waals surface area contributed by atoms with E-state index in [1.165, 1.54) is 0 Å². The van der Waals surface area contributed by atoms with Crippen molar-refractivity contribution in [1.82, 2.24) is 4.90 Å². The molecule has 0 atom stereocenters. The van der Waals surface area contributed by atoms with Crippen molar-refractivity contribution >= 4 is 5.91 Å². The van der Waals surface area contributed by atoms with Gasteiger partial charge in [0.1, 0.15) is 5.75 Å². The number of benzene rings is 1. The molecule has 0 aromatic heterocycles. The number of piperidine rings is 1. The third-order valence-corrected chi connectivity index (χ3v) is 4.80. The first kappa shape index (κ1) is 14.0. The van der Waals surface area contributed by atoms with Gasteiger partial charge in [-0.3, -0.25) is 4.79 Å². The first-order chi connectivity index (χ1) is 10.8. The lowest BCUT2D eigenvalue weighted by Gasteiger charge is -2.34. The third-order valence-electron chi connectivity index (χ3n) is 4.80. The Morgan fingerprint density at radius 3 is 2.64 bits per heavy atom. The fourth-order valence-electron chi connectivity index (χ4n) is 3.53. The molecule has 0 bridgehead atoms. The van der Waals surface area contributed by atoms with Crippen LogP contribution in [-0.2, 0) is 15.9 Å². The molecule has 4 rings (SSSR count). The van der Waals surface area contributed by atoms with Gasteiger partial charge in [-0.05, 0) is 36.6 Å². The topological polar surface area (TPSA) is 48.0 Å². The van der Waals surface area contributed by atoms with Crippen LogP contribution in [0, 0.1) is 5.92 Å². The van der Waals surface area contributed by atoms with Crippen LogP contribution in [0.5, 0.6) is 5.75 Å². The second kappa shape index (κ2) is 5.89. The molecule has 1 aromatic carbocycles. The van der Waals surface area contributed by atoms with Crippen LogP contribution in [0.4, 0.5) is 0 Å². The summed E-state index contributed by atoms with van der Waals surface area (Å²) in [6, 6.07) is 5.78. The largest absolute Gasteiger partial charge is 0.493 e. The maximum Gasteiger partial charge on any atom is 0.253 e. The van der Waals surface area contributed by atoms with E-state index in [0.29, 0.717) is 19.1 Å². The fraction of sp³-hybridized carbons (Fsp3) is 0.588. The number of carbonyl (C=O) groups is 1. The lowest BCUT2D eigenvalue weighted by molar-refractivity contribution is -0.0956. The molecule has 2 saturated heterocycles. The molecule has 3 aliphatic rings. The molecule has 0 unspecified atom stereocenters. The molecule has 0 saturated carbocycles. The molecule has 1 amide bonds. The number of ether oxygens (including phenoxy) is 3. The van der Waals surface area contributed by atoms with Gasteiger partial charge in [-0.2, -0.15) is 0 Å². The van der Waals surface area contributed by atoms with Crippen LogP contribution < -0.4 is 4.74 Å². The van der Waals surface area contributed by atoms with Crippen molar-refractivity contribution in [2.24, 2.45) is 5.92 Å². The Morgan fingerprint density at radius 1 is 1.09 bits per heavy atom. The van der Waals surface area contributed by atoms with Crippen LogP contribution in [-0.4, -0.2) is 50.0 Å². The summed E-state index contributed by atoms with van der Waals surface area (Å²) in [6.45, 7) is 3.67. The molecule has 0 radical (unpaired) electrons. The number of rotatable bonds is 2. The van der Waals surface area contributed by atoms with Crippen molar-refractivity contribution in [3.8, 4) is 5.75 Å². The minimum Gasteiger partial charge on any atom is -0.493 e. The number of amides is 1. The molecule has 5 heteroatoms. The fourth-order valence-corrected chi connectivity index (χ4v) is 3.53. The van der Waals surface area contributed by atoms with Crippen molar-refractivity contribution in [1.29, 1.82) is 0 Å². The summed E-state index contributed by atoms with van der Waals surface area (Å²) < 4.78 is 16.7. The van der Waals surface area contributed by atoms with Gasteiger partial charge in [-0.15, -0.1) is 0 Å². The zero-order valence-electron chi connectivity index (χ0n) is 12.6. The Balaban J connectivity index is 1.39. The predicted octanol–water partition coefficient (Wildman–Crippen LogP) is 1.85. The predicted molar refractivity (Wildman–Crippen MR) is 80.0 cm³/mol. The van der Waals surface area contributed by atoms with Crippen molar-refractivity contribution in [3.63, 3.8) is 0 Å². The summed E-state index contributed by atoms with van der Waals surface area (Å²) in [6.07, 6.45) is 2.73. The Labute approximate surface area is 130 Å². The van der Waals surface area contributed by atoms with E-state index in [1.807, 2.05) is 23.1 Å². The number of likely N-dealkylation sites (tertiary alicyclic amines) is 1. The highest BCUT2D eigenvalue weighted by atomic mass is 16.7. The van der Waals surface area contributed by atoms with Gasteiger partial charge in [-0.1, -0.05) is 0 Å². The van der Waals surface area contributed by atoms with Crippen LogP contribution in [0.2, 0.25) is 0 Å². The van der Waals surface area contributed by atoms with E-state index in [2.05, 4.69) is 0 Å². The van der Waals surface area contributed by atoms with Crippen LogP contribution in [0.25, 0.3) is 0 Å². The molecule has 118 valence electrons. The molecule has 0 spiro atoms. The van der Waals surface area contributed by atoms with E-state index in [4.69, 9.17) is 14.2 Å².